The zero-order valence-electron chi connectivity index (χ0n) is 12.6. The Hall–Kier alpha value is -0.170. The molecular weight excluding hydrogens is 264 g/mol. The van der Waals surface area contributed by atoms with Crippen molar-refractivity contribution in [3.8, 4) is 0 Å². The lowest BCUT2D eigenvalue weighted by Gasteiger charge is -2.39. The number of rotatable bonds is 7. The molecule has 3 atom stereocenters. The van der Waals surface area contributed by atoms with Crippen LogP contribution in [0.1, 0.15) is 39.0 Å². The average molecular weight is 292 g/mol. The summed E-state index contributed by atoms with van der Waals surface area (Å²) in [5.41, 5.74) is 0. The van der Waals surface area contributed by atoms with Gasteiger partial charge in [-0.25, -0.2) is 13.1 Å². The highest BCUT2D eigenvalue weighted by atomic mass is 32.2. The van der Waals surface area contributed by atoms with Crippen LogP contribution >= 0.6 is 0 Å². The zero-order chi connectivity index (χ0) is 14.5. The second kappa shape index (κ2) is 7.57. The fraction of sp³-hybridized carbons (Fsp3) is 1.00. The standard InChI is InChI=1S/C13H28N2O3S/c1-5-6-9-15(2)11-7-8-13(18-3)12(10-11)14-19(4,16)17/h11-14H,5-10H2,1-4H3. The lowest BCUT2D eigenvalue weighted by molar-refractivity contribution is 0.0230. The summed E-state index contributed by atoms with van der Waals surface area (Å²) in [6.45, 7) is 3.26. The van der Waals surface area contributed by atoms with E-state index in [0.717, 1.165) is 25.8 Å². The van der Waals surface area contributed by atoms with Crippen LogP contribution in [0.2, 0.25) is 0 Å². The summed E-state index contributed by atoms with van der Waals surface area (Å²) in [7, 11) is 0.604. The molecule has 0 aromatic heterocycles. The van der Waals surface area contributed by atoms with Crippen molar-refractivity contribution in [2.24, 2.45) is 0 Å². The molecule has 1 fully saturated rings. The highest BCUT2D eigenvalue weighted by Gasteiger charge is 2.33. The van der Waals surface area contributed by atoms with E-state index in [1.807, 2.05) is 0 Å². The molecule has 1 rings (SSSR count). The minimum atomic E-state index is -3.18. The molecule has 114 valence electrons. The molecule has 5 nitrogen and oxygen atoms in total. The molecule has 0 aromatic rings. The number of unbranched alkanes of at least 4 members (excludes halogenated alkanes) is 1. The number of nitrogens with zero attached hydrogens (tertiary/aromatic N) is 1. The third-order valence-corrected chi connectivity index (χ3v) is 4.65. The van der Waals surface area contributed by atoms with Crippen LogP contribution in [0.5, 0.6) is 0 Å². The van der Waals surface area contributed by atoms with Gasteiger partial charge < -0.3 is 9.64 Å². The van der Waals surface area contributed by atoms with E-state index in [1.54, 1.807) is 7.11 Å². The first-order chi connectivity index (χ1) is 8.87. The van der Waals surface area contributed by atoms with Crippen molar-refractivity contribution >= 4 is 10.0 Å². The minimum Gasteiger partial charge on any atom is -0.380 e. The molecule has 3 unspecified atom stereocenters. The van der Waals surface area contributed by atoms with E-state index in [4.69, 9.17) is 4.74 Å². The Balaban J connectivity index is 2.61. The lowest BCUT2D eigenvalue weighted by Crippen LogP contribution is -2.51. The Bertz CT molecular complexity index is 359. The molecule has 0 bridgehead atoms. The van der Waals surface area contributed by atoms with Gasteiger partial charge in [-0.2, -0.15) is 0 Å². The number of sulfonamides is 1. The van der Waals surface area contributed by atoms with Gasteiger partial charge in [0, 0.05) is 19.2 Å². The maximum atomic E-state index is 11.4. The van der Waals surface area contributed by atoms with Gasteiger partial charge in [0.15, 0.2) is 0 Å². The molecule has 1 saturated carbocycles. The van der Waals surface area contributed by atoms with Gasteiger partial charge in [0.1, 0.15) is 0 Å². The van der Waals surface area contributed by atoms with Gasteiger partial charge in [-0.15, -0.1) is 0 Å². The van der Waals surface area contributed by atoms with E-state index >= 15 is 0 Å². The molecule has 0 aliphatic heterocycles. The molecule has 0 heterocycles. The molecule has 0 saturated heterocycles. The van der Waals surface area contributed by atoms with Crippen molar-refractivity contribution in [2.45, 2.75) is 57.2 Å². The maximum Gasteiger partial charge on any atom is 0.209 e. The average Bonchev–Trinajstić information content (AvgIpc) is 2.34. The predicted octanol–water partition coefficient (Wildman–Crippen LogP) is 1.20. The van der Waals surface area contributed by atoms with Gasteiger partial charge in [0.25, 0.3) is 0 Å². The Morgan fingerprint density at radius 1 is 1.37 bits per heavy atom. The molecule has 1 aliphatic carbocycles. The summed E-state index contributed by atoms with van der Waals surface area (Å²) in [6, 6.07) is 0.333. The van der Waals surface area contributed by atoms with E-state index in [2.05, 4.69) is 23.6 Å². The van der Waals surface area contributed by atoms with E-state index in [9.17, 15) is 8.42 Å². The topological polar surface area (TPSA) is 58.6 Å². The van der Waals surface area contributed by atoms with Crippen molar-refractivity contribution in [3.63, 3.8) is 0 Å². The van der Waals surface area contributed by atoms with Gasteiger partial charge in [-0.3, -0.25) is 0 Å². The van der Waals surface area contributed by atoms with Crippen LogP contribution < -0.4 is 4.72 Å². The van der Waals surface area contributed by atoms with Crippen molar-refractivity contribution in [3.05, 3.63) is 0 Å². The van der Waals surface area contributed by atoms with Gasteiger partial charge in [0.2, 0.25) is 10.0 Å². The number of nitrogens with one attached hydrogen (secondary N) is 1. The smallest absolute Gasteiger partial charge is 0.209 e. The highest BCUT2D eigenvalue weighted by molar-refractivity contribution is 7.88. The summed E-state index contributed by atoms with van der Waals surface area (Å²) in [5, 5.41) is 0. The van der Waals surface area contributed by atoms with Crippen molar-refractivity contribution in [2.75, 3.05) is 27.0 Å². The monoisotopic (exact) mass is 292 g/mol. The van der Waals surface area contributed by atoms with Gasteiger partial charge in [-0.05, 0) is 39.3 Å². The number of hydrogen-bond acceptors (Lipinski definition) is 4. The number of ether oxygens (including phenoxy) is 1. The molecule has 1 aliphatic rings. The van der Waals surface area contributed by atoms with Crippen LogP contribution in [-0.2, 0) is 14.8 Å². The number of hydrogen-bond donors (Lipinski definition) is 1. The summed E-state index contributed by atoms with van der Waals surface area (Å²) in [6.07, 6.45) is 6.38. The normalized spacial score (nSPS) is 28.8. The van der Waals surface area contributed by atoms with E-state index in [1.165, 1.54) is 19.1 Å². The SMILES string of the molecule is CCCCN(C)C1CCC(OC)C(NS(C)(=O)=O)C1. The van der Waals surface area contributed by atoms with E-state index < -0.39 is 10.0 Å². The van der Waals surface area contributed by atoms with Crippen LogP contribution in [0.3, 0.4) is 0 Å². The first-order valence-corrected chi connectivity index (χ1v) is 8.96. The van der Waals surface area contributed by atoms with Crippen molar-refractivity contribution in [1.29, 1.82) is 0 Å². The summed E-state index contributed by atoms with van der Waals surface area (Å²) >= 11 is 0. The Kier molecular flexibility index (Phi) is 6.73. The van der Waals surface area contributed by atoms with Crippen molar-refractivity contribution < 1.29 is 13.2 Å². The quantitative estimate of drug-likeness (QED) is 0.766. The third-order valence-electron chi connectivity index (χ3n) is 3.92. The highest BCUT2D eigenvalue weighted by Crippen LogP contribution is 2.25. The Morgan fingerprint density at radius 3 is 2.58 bits per heavy atom. The fourth-order valence-corrected chi connectivity index (χ4v) is 3.59. The fourth-order valence-electron chi connectivity index (χ4n) is 2.79. The van der Waals surface area contributed by atoms with Gasteiger partial charge >= 0.3 is 0 Å². The molecular formula is C13H28N2O3S. The lowest BCUT2D eigenvalue weighted by atomic mass is 9.88. The van der Waals surface area contributed by atoms with Crippen LogP contribution in [0.25, 0.3) is 0 Å². The molecule has 0 radical (unpaired) electrons. The Morgan fingerprint density at radius 2 is 2.05 bits per heavy atom. The van der Waals surface area contributed by atoms with Crippen LogP contribution in [-0.4, -0.2) is 58.5 Å². The molecule has 0 spiro atoms. The third kappa shape index (κ3) is 5.77. The van der Waals surface area contributed by atoms with E-state index in [0.29, 0.717) is 6.04 Å². The van der Waals surface area contributed by atoms with Crippen LogP contribution in [0.15, 0.2) is 0 Å². The largest absolute Gasteiger partial charge is 0.380 e. The predicted molar refractivity (Wildman–Crippen MR) is 77.7 cm³/mol. The molecule has 19 heavy (non-hydrogen) atoms. The zero-order valence-corrected chi connectivity index (χ0v) is 13.4. The summed E-state index contributed by atoms with van der Waals surface area (Å²) in [5.74, 6) is 0. The van der Waals surface area contributed by atoms with Crippen LogP contribution in [0, 0.1) is 0 Å². The molecule has 6 heteroatoms. The summed E-state index contributed by atoms with van der Waals surface area (Å²) in [4.78, 5) is 2.35. The first-order valence-electron chi connectivity index (χ1n) is 7.07. The van der Waals surface area contributed by atoms with E-state index in [-0.39, 0.29) is 12.1 Å². The van der Waals surface area contributed by atoms with Crippen LogP contribution in [0.4, 0.5) is 0 Å². The molecule has 1 N–H and O–H groups in total. The Labute approximate surface area is 117 Å². The maximum absolute atomic E-state index is 11.4. The summed E-state index contributed by atoms with van der Waals surface area (Å²) < 4.78 is 31.0. The minimum absolute atomic E-state index is 0.00875. The first kappa shape index (κ1) is 16.9. The second-order valence-corrected chi connectivity index (χ2v) is 7.35. The molecule has 0 aromatic carbocycles. The number of methoxy groups -OCH3 is 1. The van der Waals surface area contributed by atoms with Gasteiger partial charge in [0.05, 0.1) is 12.4 Å². The van der Waals surface area contributed by atoms with Gasteiger partial charge in [-0.1, -0.05) is 13.3 Å². The second-order valence-electron chi connectivity index (χ2n) is 5.57. The molecule has 0 amide bonds. The van der Waals surface area contributed by atoms with Crippen molar-refractivity contribution in [1.82, 2.24) is 9.62 Å².